The maximum Gasteiger partial charge on any atom is 0.307 e. The van der Waals surface area contributed by atoms with Gasteiger partial charge in [0.1, 0.15) is 5.52 Å². The van der Waals surface area contributed by atoms with Gasteiger partial charge in [0.25, 0.3) is 0 Å². The third-order valence-corrected chi connectivity index (χ3v) is 3.09. The first-order valence-corrected chi connectivity index (χ1v) is 5.77. The summed E-state index contributed by atoms with van der Waals surface area (Å²) < 4.78 is 1.85. The van der Waals surface area contributed by atoms with Crippen molar-refractivity contribution in [3.05, 3.63) is 23.8 Å². The molecule has 0 amide bonds. The summed E-state index contributed by atoms with van der Waals surface area (Å²) in [7, 11) is 0. The molecule has 1 aliphatic carbocycles. The first-order chi connectivity index (χ1) is 8.24. The molecule has 1 aromatic carbocycles. The first-order valence-electron chi connectivity index (χ1n) is 5.77. The topological polar surface area (TPSA) is 68.0 Å². The van der Waals surface area contributed by atoms with Gasteiger partial charge in [0.2, 0.25) is 0 Å². The number of fused-ring (bicyclic) bond motifs is 1. The minimum absolute atomic E-state index is 0.0232. The van der Waals surface area contributed by atoms with E-state index in [0.717, 1.165) is 23.1 Å². The van der Waals surface area contributed by atoms with Crippen LogP contribution < -0.4 is 0 Å². The molecule has 2 aromatic rings. The average molecular weight is 231 g/mol. The van der Waals surface area contributed by atoms with Crippen LogP contribution in [0.4, 0.5) is 0 Å². The van der Waals surface area contributed by atoms with Crippen molar-refractivity contribution in [3.63, 3.8) is 0 Å². The monoisotopic (exact) mass is 231 g/mol. The van der Waals surface area contributed by atoms with Crippen molar-refractivity contribution in [2.45, 2.75) is 25.8 Å². The molecule has 0 spiro atoms. The number of carboxylic acid groups (broad SMARTS) is 1. The Morgan fingerprint density at radius 3 is 3.00 bits per heavy atom. The number of carboxylic acids is 1. The molecule has 0 aliphatic heterocycles. The van der Waals surface area contributed by atoms with E-state index in [4.69, 9.17) is 5.11 Å². The fourth-order valence-corrected chi connectivity index (χ4v) is 2.08. The summed E-state index contributed by atoms with van der Waals surface area (Å²) in [6.07, 6.45) is 2.50. The van der Waals surface area contributed by atoms with Gasteiger partial charge in [-0.2, -0.15) is 0 Å². The highest BCUT2D eigenvalue weighted by atomic mass is 16.4. The number of aliphatic carboxylic acids is 1. The lowest BCUT2D eigenvalue weighted by Gasteiger charge is -2.04. The normalized spacial score (nSPS) is 15.3. The fraction of sp³-hybridized carbons (Fsp3) is 0.417. The predicted molar refractivity (Wildman–Crippen MR) is 61.6 cm³/mol. The summed E-state index contributed by atoms with van der Waals surface area (Å²) in [6, 6.07) is 5.54. The molecule has 3 rings (SSSR count). The summed E-state index contributed by atoms with van der Waals surface area (Å²) in [6.45, 7) is 0.854. The zero-order valence-corrected chi connectivity index (χ0v) is 9.33. The second kappa shape index (κ2) is 3.84. The summed E-state index contributed by atoms with van der Waals surface area (Å²) in [5.41, 5.74) is 2.45. The van der Waals surface area contributed by atoms with Crippen molar-refractivity contribution in [3.8, 4) is 0 Å². The molecule has 0 radical (unpaired) electrons. The van der Waals surface area contributed by atoms with Crippen LogP contribution in [0.2, 0.25) is 0 Å². The first kappa shape index (κ1) is 10.3. The van der Waals surface area contributed by atoms with Crippen molar-refractivity contribution in [1.82, 2.24) is 15.0 Å². The van der Waals surface area contributed by atoms with Crippen molar-refractivity contribution in [2.75, 3.05) is 0 Å². The van der Waals surface area contributed by atoms with E-state index in [1.54, 1.807) is 0 Å². The van der Waals surface area contributed by atoms with Crippen LogP contribution in [-0.2, 0) is 17.8 Å². The van der Waals surface area contributed by atoms with Gasteiger partial charge in [0, 0.05) is 6.54 Å². The van der Waals surface area contributed by atoms with Gasteiger partial charge in [-0.1, -0.05) is 17.3 Å². The summed E-state index contributed by atoms with van der Waals surface area (Å²) >= 11 is 0. The minimum atomic E-state index is -0.823. The highest BCUT2D eigenvalue weighted by molar-refractivity contribution is 5.83. The van der Waals surface area contributed by atoms with E-state index in [9.17, 15) is 4.79 Å². The number of para-hydroxylation sites is 1. The van der Waals surface area contributed by atoms with Crippen LogP contribution >= 0.6 is 0 Å². The van der Waals surface area contributed by atoms with E-state index < -0.39 is 5.97 Å². The highest BCUT2D eigenvalue weighted by Gasteiger charge is 2.23. The molecule has 17 heavy (non-hydrogen) atoms. The maximum absolute atomic E-state index is 10.8. The Labute approximate surface area is 98.0 Å². The number of nitrogens with zero attached hydrogens (tertiary/aromatic N) is 3. The maximum atomic E-state index is 10.8. The summed E-state index contributed by atoms with van der Waals surface area (Å²) in [5.74, 6) is -0.130. The molecule has 1 saturated carbocycles. The number of benzene rings is 1. The van der Waals surface area contributed by atoms with Crippen LogP contribution in [0.25, 0.3) is 11.0 Å². The number of hydrogen-bond donors (Lipinski definition) is 1. The van der Waals surface area contributed by atoms with Gasteiger partial charge in [-0.15, -0.1) is 5.10 Å². The lowest BCUT2D eigenvalue weighted by molar-refractivity contribution is -0.136. The quantitative estimate of drug-likeness (QED) is 0.865. The second-order valence-corrected chi connectivity index (χ2v) is 4.57. The molecule has 0 bridgehead atoms. The Morgan fingerprint density at radius 1 is 1.47 bits per heavy atom. The van der Waals surface area contributed by atoms with Crippen molar-refractivity contribution < 1.29 is 9.90 Å². The molecular weight excluding hydrogens is 218 g/mol. The number of aromatic nitrogens is 3. The Bertz CT molecular complexity index is 572. The molecule has 88 valence electrons. The molecule has 1 fully saturated rings. The molecule has 1 aromatic heterocycles. The third kappa shape index (κ3) is 2.00. The minimum Gasteiger partial charge on any atom is -0.481 e. The molecule has 0 saturated heterocycles. The molecule has 5 heteroatoms. The van der Waals surface area contributed by atoms with E-state index in [2.05, 4.69) is 10.3 Å². The van der Waals surface area contributed by atoms with Crippen LogP contribution in [0.15, 0.2) is 18.2 Å². The lowest BCUT2D eigenvalue weighted by Crippen LogP contribution is -2.06. The molecule has 0 unspecified atom stereocenters. The van der Waals surface area contributed by atoms with E-state index in [0.29, 0.717) is 5.92 Å². The van der Waals surface area contributed by atoms with Gasteiger partial charge in [-0.3, -0.25) is 4.79 Å². The Balaban J connectivity index is 2.06. The van der Waals surface area contributed by atoms with E-state index in [1.807, 2.05) is 22.9 Å². The molecule has 1 N–H and O–H groups in total. The van der Waals surface area contributed by atoms with Gasteiger partial charge < -0.3 is 5.11 Å². The van der Waals surface area contributed by atoms with Gasteiger partial charge in [0.05, 0.1) is 11.9 Å². The van der Waals surface area contributed by atoms with Gasteiger partial charge in [0.15, 0.2) is 0 Å². The van der Waals surface area contributed by atoms with Crippen LogP contribution in [0.5, 0.6) is 0 Å². The summed E-state index contributed by atoms with van der Waals surface area (Å²) in [4.78, 5) is 10.8. The van der Waals surface area contributed by atoms with Gasteiger partial charge >= 0.3 is 5.97 Å². The van der Waals surface area contributed by atoms with Gasteiger partial charge in [-0.05, 0) is 30.4 Å². The predicted octanol–water partition coefficient (Wildman–Crippen LogP) is 1.47. The van der Waals surface area contributed by atoms with Gasteiger partial charge in [-0.25, -0.2) is 4.68 Å². The highest BCUT2D eigenvalue weighted by Crippen LogP contribution is 2.31. The number of rotatable bonds is 4. The number of carbonyl (C=O) groups is 1. The molecule has 1 heterocycles. The van der Waals surface area contributed by atoms with Crippen LogP contribution in [-0.4, -0.2) is 26.1 Å². The fourth-order valence-electron chi connectivity index (χ4n) is 2.08. The van der Waals surface area contributed by atoms with E-state index >= 15 is 0 Å². The number of hydrogen-bond acceptors (Lipinski definition) is 3. The standard InChI is InChI=1S/C12H13N3O2/c16-11(17)6-9-2-1-3-10-12(9)15(14-13-10)7-8-4-5-8/h1-3,8H,4-7H2,(H,16,17). The third-order valence-electron chi connectivity index (χ3n) is 3.09. The molecule has 5 nitrogen and oxygen atoms in total. The van der Waals surface area contributed by atoms with Crippen molar-refractivity contribution in [1.29, 1.82) is 0 Å². The van der Waals surface area contributed by atoms with Crippen LogP contribution in [0.1, 0.15) is 18.4 Å². The van der Waals surface area contributed by atoms with Crippen LogP contribution in [0, 0.1) is 5.92 Å². The van der Waals surface area contributed by atoms with Crippen molar-refractivity contribution in [2.24, 2.45) is 5.92 Å². The Morgan fingerprint density at radius 2 is 2.29 bits per heavy atom. The zero-order chi connectivity index (χ0) is 11.8. The average Bonchev–Trinajstić information content (AvgIpc) is 2.99. The Kier molecular flexibility index (Phi) is 2.31. The molecule has 0 atom stereocenters. The van der Waals surface area contributed by atoms with Crippen LogP contribution in [0.3, 0.4) is 0 Å². The summed E-state index contributed by atoms with van der Waals surface area (Å²) in [5, 5.41) is 17.1. The molecule has 1 aliphatic rings. The Hall–Kier alpha value is -1.91. The zero-order valence-electron chi connectivity index (χ0n) is 9.33. The second-order valence-electron chi connectivity index (χ2n) is 4.57. The molecular formula is C12H13N3O2. The van der Waals surface area contributed by atoms with E-state index in [1.165, 1.54) is 12.8 Å². The van der Waals surface area contributed by atoms with E-state index in [-0.39, 0.29) is 6.42 Å². The smallest absolute Gasteiger partial charge is 0.307 e. The SMILES string of the molecule is O=C(O)Cc1cccc2nnn(CC3CC3)c12. The largest absolute Gasteiger partial charge is 0.481 e. The lowest BCUT2D eigenvalue weighted by atomic mass is 10.1. The van der Waals surface area contributed by atoms with Crippen molar-refractivity contribution >= 4 is 17.0 Å².